The van der Waals surface area contributed by atoms with Gasteiger partial charge in [0.15, 0.2) is 0 Å². The topological polar surface area (TPSA) is 50.4 Å². The SMILES string of the molecule is Cl.O=C(CC1CC2CCC1C2)Nc1ccc2c(c1)CNCCO2. The van der Waals surface area contributed by atoms with Crippen LogP contribution in [0.15, 0.2) is 18.2 Å². The van der Waals surface area contributed by atoms with Gasteiger partial charge in [0.25, 0.3) is 0 Å². The molecule has 23 heavy (non-hydrogen) atoms. The first-order valence-corrected chi connectivity index (χ1v) is 8.54. The van der Waals surface area contributed by atoms with Gasteiger partial charge in [-0.25, -0.2) is 0 Å². The summed E-state index contributed by atoms with van der Waals surface area (Å²) in [5.41, 5.74) is 2.01. The highest BCUT2D eigenvalue weighted by molar-refractivity contribution is 5.91. The predicted octanol–water partition coefficient (Wildman–Crippen LogP) is 3.36. The minimum Gasteiger partial charge on any atom is -0.492 e. The first kappa shape index (κ1) is 16.6. The van der Waals surface area contributed by atoms with E-state index in [2.05, 4.69) is 10.6 Å². The molecular weight excluding hydrogens is 312 g/mol. The second-order valence-electron chi connectivity index (χ2n) is 7.03. The number of benzene rings is 1. The lowest BCUT2D eigenvalue weighted by atomic mass is 9.86. The fraction of sp³-hybridized carbons (Fsp3) is 0.611. The Morgan fingerprint density at radius 1 is 1.30 bits per heavy atom. The highest BCUT2D eigenvalue weighted by Gasteiger charge is 2.40. The van der Waals surface area contributed by atoms with Crippen LogP contribution in [-0.2, 0) is 11.3 Å². The second-order valence-corrected chi connectivity index (χ2v) is 7.03. The Labute approximate surface area is 143 Å². The lowest BCUT2D eigenvalue weighted by Crippen LogP contribution is -2.20. The van der Waals surface area contributed by atoms with E-state index in [0.29, 0.717) is 18.9 Å². The van der Waals surface area contributed by atoms with E-state index in [1.54, 1.807) is 0 Å². The lowest BCUT2D eigenvalue weighted by Gasteiger charge is -2.21. The quantitative estimate of drug-likeness (QED) is 0.890. The third-order valence-electron chi connectivity index (χ3n) is 5.53. The van der Waals surface area contributed by atoms with Gasteiger partial charge in [-0.05, 0) is 55.2 Å². The number of amides is 1. The predicted molar refractivity (Wildman–Crippen MR) is 93.1 cm³/mol. The zero-order valence-corrected chi connectivity index (χ0v) is 14.2. The maximum Gasteiger partial charge on any atom is 0.224 e. The van der Waals surface area contributed by atoms with Gasteiger partial charge in [0.05, 0.1) is 0 Å². The molecule has 5 heteroatoms. The Morgan fingerprint density at radius 3 is 3.00 bits per heavy atom. The van der Waals surface area contributed by atoms with Crippen LogP contribution in [0.4, 0.5) is 5.69 Å². The van der Waals surface area contributed by atoms with E-state index in [1.165, 1.54) is 25.7 Å². The number of rotatable bonds is 3. The first-order valence-electron chi connectivity index (χ1n) is 8.54. The van der Waals surface area contributed by atoms with E-state index >= 15 is 0 Å². The lowest BCUT2D eigenvalue weighted by molar-refractivity contribution is -0.117. The molecule has 3 aliphatic rings. The Kier molecular flexibility index (Phi) is 5.12. The normalized spacial score (nSPS) is 28.3. The molecule has 0 aromatic heterocycles. The summed E-state index contributed by atoms with van der Waals surface area (Å²) in [6, 6.07) is 5.95. The van der Waals surface area contributed by atoms with Gasteiger partial charge in [0.2, 0.25) is 5.91 Å². The van der Waals surface area contributed by atoms with Gasteiger partial charge in [-0.3, -0.25) is 4.79 Å². The molecule has 2 aliphatic carbocycles. The van der Waals surface area contributed by atoms with Crippen LogP contribution in [0.25, 0.3) is 0 Å². The monoisotopic (exact) mass is 336 g/mol. The molecule has 1 heterocycles. The summed E-state index contributed by atoms with van der Waals surface area (Å²) in [6.45, 7) is 2.36. The van der Waals surface area contributed by atoms with Crippen molar-refractivity contribution in [3.8, 4) is 5.75 Å². The highest BCUT2D eigenvalue weighted by Crippen LogP contribution is 2.49. The fourth-order valence-corrected chi connectivity index (χ4v) is 4.47. The minimum absolute atomic E-state index is 0. The summed E-state index contributed by atoms with van der Waals surface area (Å²) in [7, 11) is 0. The molecule has 2 fully saturated rings. The number of carbonyl (C=O) groups excluding carboxylic acids is 1. The summed E-state index contributed by atoms with van der Waals surface area (Å²) < 4.78 is 5.67. The van der Waals surface area contributed by atoms with Gasteiger partial charge >= 0.3 is 0 Å². The fourth-order valence-electron chi connectivity index (χ4n) is 4.47. The molecule has 0 radical (unpaired) electrons. The van der Waals surface area contributed by atoms with Gasteiger partial charge in [0.1, 0.15) is 12.4 Å². The molecule has 1 aromatic carbocycles. The zero-order valence-electron chi connectivity index (χ0n) is 13.3. The van der Waals surface area contributed by atoms with Crippen molar-refractivity contribution in [2.45, 2.75) is 38.6 Å². The van der Waals surface area contributed by atoms with E-state index < -0.39 is 0 Å². The molecule has 2 N–H and O–H groups in total. The third kappa shape index (κ3) is 3.64. The Hall–Kier alpha value is -1.26. The molecule has 2 saturated carbocycles. The number of ether oxygens (including phenoxy) is 1. The van der Waals surface area contributed by atoms with Crippen molar-refractivity contribution in [3.05, 3.63) is 23.8 Å². The van der Waals surface area contributed by atoms with Gasteiger partial charge in [-0.1, -0.05) is 6.42 Å². The van der Waals surface area contributed by atoms with Gasteiger partial charge in [-0.15, -0.1) is 12.4 Å². The summed E-state index contributed by atoms with van der Waals surface area (Å²) in [5, 5.41) is 6.40. The van der Waals surface area contributed by atoms with E-state index in [-0.39, 0.29) is 18.3 Å². The Bertz CT molecular complexity index is 578. The number of halogens is 1. The largest absolute Gasteiger partial charge is 0.492 e. The highest BCUT2D eigenvalue weighted by atomic mass is 35.5. The second kappa shape index (κ2) is 7.10. The molecule has 126 valence electrons. The van der Waals surface area contributed by atoms with Crippen LogP contribution < -0.4 is 15.4 Å². The number of carbonyl (C=O) groups is 1. The maximum atomic E-state index is 12.3. The van der Waals surface area contributed by atoms with Crippen LogP contribution in [0, 0.1) is 17.8 Å². The average Bonchev–Trinajstić information content (AvgIpc) is 3.03. The number of anilines is 1. The number of hydrogen-bond donors (Lipinski definition) is 2. The molecule has 4 nitrogen and oxygen atoms in total. The van der Waals surface area contributed by atoms with Crippen LogP contribution >= 0.6 is 12.4 Å². The standard InChI is InChI=1S/C18H24N2O2.ClH/c21-18(10-14-8-12-1-2-13(14)7-12)20-16-3-4-17-15(9-16)11-19-5-6-22-17;/h3-4,9,12-14,19H,1-2,5-8,10-11H2,(H,20,21);1H. The number of nitrogens with one attached hydrogen (secondary N) is 2. The van der Waals surface area contributed by atoms with Crippen molar-refractivity contribution in [1.82, 2.24) is 5.32 Å². The van der Waals surface area contributed by atoms with E-state index in [0.717, 1.165) is 41.9 Å². The van der Waals surface area contributed by atoms with Gasteiger partial charge in [-0.2, -0.15) is 0 Å². The summed E-state index contributed by atoms with van der Waals surface area (Å²) in [6.07, 6.45) is 6.04. The Morgan fingerprint density at radius 2 is 2.22 bits per heavy atom. The molecule has 3 unspecified atom stereocenters. The summed E-state index contributed by atoms with van der Waals surface area (Å²) >= 11 is 0. The number of fused-ring (bicyclic) bond motifs is 3. The molecule has 1 aromatic rings. The van der Waals surface area contributed by atoms with E-state index in [4.69, 9.17) is 4.74 Å². The average molecular weight is 337 g/mol. The van der Waals surface area contributed by atoms with Crippen molar-refractivity contribution in [1.29, 1.82) is 0 Å². The summed E-state index contributed by atoms with van der Waals surface area (Å²) in [4.78, 5) is 12.3. The van der Waals surface area contributed by atoms with Crippen LogP contribution in [0.5, 0.6) is 5.75 Å². The van der Waals surface area contributed by atoms with E-state index in [9.17, 15) is 4.79 Å². The maximum absolute atomic E-state index is 12.3. The molecule has 1 amide bonds. The molecular formula is C18H25ClN2O2. The van der Waals surface area contributed by atoms with Crippen molar-refractivity contribution >= 4 is 24.0 Å². The smallest absolute Gasteiger partial charge is 0.224 e. The van der Waals surface area contributed by atoms with Gasteiger partial charge in [0, 0.05) is 30.8 Å². The number of hydrogen-bond acceptors (Lipinski definition) is 3. The van der Waals surface area contributed by atoms with Crippen LogP contribution in [0.3, 0.4) is 0 Å². The molecule has 3 atom stereocenters. The van der Waals surface area contributed by atoms with Crippen LogP contribution in [-0.4, -0.2) is 19.1 Å². The van der Waals surface area contributed by atoms with Crippen LogP contribution in [0.2, 0.25) is 0 Å². The molecule has 1 aliphatic heterocycles. The third-order valence-corrected chi connectivity index (χ3v) is 5.53. The molecule has 0 saturated heterocycles. The minimum atomic E-state index is 0. The van der Waals surface area contributed by atoms with Crippen molar-refractivity contribution in [2.24, 2.45) is 17.8 Å². The van der Waals surface area contributed by atoms with Crippen molar-refractivity contribution < 1.29 is 9.53 Å². The van der Waals surface area contributed by atoms with Crippen molar-refractivity contribution in [3.63, 3.8) is 0 Å². The summed E-state index contributed by atoms with van der Waals surface area (Å²) in [5.74, 6) is 3.42. The van der Waals surface area contributed by atoms with Gasteiger partial charge < -0.3 is 15.4 Å². The molecule has 0 spiro atoms. The molecule has 4 rings (SSSR count). The molecule has 2 bridgehead atoms. The Balaban J connectivity index is 0.00000156. The van der Waals surface area contributed by atoms with Crippen LogP contribution in [0.1, 0.15) is 37.7 Å². The van der Waals surface area contributed by atoms with E-state index in [1.807, 2.05) is 18.2 Å². The zero-order chi connectivity index (χ0) is 14.9. The first-order chi connectivity index (χ1) is 10.8. The van der Waals surface area contributed by atoms with Crippen molar-refractivity contribution in [2.75, 3.05) is 18.5 Å².